The summed E-state index contributed by atoms with van der Waals surface area (Å²) >= 11 is 6.13. The van der Waals surface area contributed by atoms with E-state index >= 15 is 0 Å². The van der Waals surface area contributed by atoms with Gasteiger partial charge in [-0.15, -0.1) is 12.4 Å². The molecule has 1 aromatic rings. The number of carbonyl (C=O) groups excluding carboxylic acids is 1. The Hall–Kier alpha value is -1.17. The number of rotatable bonds is 5. The number of hydrogen-bond acceptors (Lipinski definition) is 4. The molecule has 1 aliphatic carbocycles. The molecule has 0 aromatic heterocycles. The predicted octanol–water partition coefficient (Wildman–Crippen LogP) is 4.37. The summed E-state index contributed by atoms with van der Waals surface area (Å²) in [4.78, 5) is 15.5. The zero-order valence-electron chi connectivity index (χ0n) is 16.9. The molecular formula is C21H33Cl2N3O2. The second kappa shape index (κ2) is 10.6. The number of nitrogens with one attached hydrogen (secondary N) is 1. The van der Waals surface area contributed by atoms with E-state index < -0.39 is 0 Å². The fraction of sp³-hybridized carbons (Fsp3) is 0.667. The third kappa shape index (κ3) is 5.68. The fourth-order valence-electron chi connectivity index (χ4n) is 4.35. The number of nitrogens with two attached hydrogens (primary N) is 1. The van der Waals surface area contributed by atoms with Crippen LogP contribution >= 0.6 is 24.0 Å². The number of hydrogen-bond donors (Lipinski definition) is 2. The smallest absolute Gasteiger partial charge is 0.255 e. The molecule has 0 unspecified atom stereocenters. The molecule has 1 aliphatic heterocycles. The molecule has 3 N–H and O–H groups in total. The summed E-state index contributed by atoms with van der Waals surface area (Å²) in [6.07, 6.45) is 7.19. The van der Waals surface area contributed by atoms with Crippen LogP contribution in [0.15, 0.2) is 12.1 Å². The minimum absolute atomic E-state index is 0. The van der Waals surface area contributed by atoms with Crippen molar-refractivity contribution in [3.63, 3.8) is 0 Å². The van der Waals surface area contributed by atoms with Crippen molar-refractivity contribution in [1.29, 1.82) is 0 Å². The third-order valence-corrected chi connectivity index (χ3v) is 6.49. The van der Waals surface area contributed by atoms with Crippen LogP contribution in [0.3, 0.4) is 0 Å². The van der Waals surface area contributed by atoms with Gasteiger partial charge >= 0.3 is 0 Å². The Bertz CT molecular complexity index is 663. The van der Waals surface area contributed by atoms with Gasteiger partial charge < -0.3 is 20.7 Å². The number of halogens is 2. The van der Waals surface area contributed by atoms with Gasteiger partial charge in [0, 0.05) is 18.7 Å². The van der Waals surface area contributed by atoms with E-state index in [9.17, 15) is 4.79 Å². The second-order valence-corrected chi connectivity index (χ2v) is 8.59. The SMILES string of the molecule is COc1cc(N)c(Cl)cc1C(=O)N[C@@H]1CCCC[C@@H]1CN1CCC(C)CC1.Cl. The molecule has 3 rings (SSSR count). The first kappa shape index (κ1) is 23.1. The summed E-state index contributed by atoms with van der Waals surface area (Å²) in [5.74, 6) is 1.68. The molecule has 2 aliphatic rings. The number of methoxy groups -OCH3 is 1. The number of benzene rings is 1. The first-order valence-electron chi connectivity index (χ1n) is 10.1. The Morgan fingerprint density at radius 1 is 1.25 bits per heavy atom. The van der Waals surface area contributed by atoms with Crippen molar-refractivity contribution in [3.8, 4) is 5.75 Å². The number of anilines is 1. The number of amides is 1. The summed E-state index contributed by atoms with van der Waals surface area (Å²) in [5, 5.41) is 3.64. The van der Waals surface area contributed by atoms with E-state index in [2.05, 4.69) is 17.1 Å². The highest BCUT2D eigenvalue weighted by Gasteiger charge is 2.30. The van der Waals surface area contributed by atoms with Gasteiger partial charge in [0.2, 0.25) is 0 Å². The summed E-state index contributed by atoms with van der Waals surface area (Å²) in [7, 11) is 1.54. The molecule has 0 bridgehead atoms. The Morgan fingerprint density at radius 3 is 2.61 bits per heavy atom. The maximum atomic E-state index is 12.9. The molecule has 0 spiro atoms. The van der Waals surface area contributed by atoms with Gasteiger partial charge in [-0.2, -0.15) is 0 Å². The van der Waals surface area contributed by atoms with Gasteiger partial charge in [0.25, 0.3) is 5.91 Å². The Morgan fingerprint density at radius 2 is 1.93 bits per heavy atom. The van der Waals surface area contributed by atoms with E-state index in [1.54, 1.807) is 19.2 Å². The van der Waals surface area contributed by atoms with Crippen molar-refractivity contribution in [1.82, 2.24) is 10.2 Å². The lowest BCUT2D eigenvalue weighted by molar-refractivity contribution is 0.0865. The van der Waals surface area contributed by atoms with Crippen LogP contribution in [0.2, 0.25) is 5.02 Å². The van der Waals surface area contributed by atoms with Crippen molar-refractivity contribution in [3.05, 3.63) is 22.7 Å². The number of ether oxygens (including phenoxy) is 1. The first-order valence-corrected chi connectivity index (χ1v) is 10.5. The molecular weight excluding hydrogens is 397 g/mol. The molecule has 1 saturated heterocycles. The first-order chi connectivity index (χ1) is 13.0. The molecule has 1 heterocycles. The van der Waals surface area contributed by atoms with Crippen LogP contribution in [0.1, 0.15) is 55.8 Å². The lowest BCUT2D eigenvalue weighted by Crippen LogP contribution is -2.47. The van der Waals surface area contributed by atoms with Crippen LogP contribution in [0, 0.1) is 11.8 Å². The van der Waals surface area contributed by atoms with Gasteiger partial charge in [-0.25, -0.2) is 0 Å². The van der Waals surface area contributed by atoms with E-state index in [-0.39, 0.29) is 24.4 Å². The molecule has 0 radical (unpaired) electrons. The van der Waals surface area contributed by atoms with Gasteiger partial charge in [-0.3, -0.25) is 4.79 Å². The fourth-order valence-corrected chi connectivity index (χ4v) is 4.52. The lowest BCUT2D eigenvalue weighted by Gasteiger charge is -2.38. The highest BCUT2D eigenvalue weighted by molar-refractivity contribution is 6.33. The summed E-state index contributed by atoms with van der Waals surface area (Å²) in [6, 6.07) is 3.42. The molecule has 1 aromatic carbocycles. The Balaban J connectivity index is 0.00000280. The molecule has 158 valence electrons. The van der Waals surface area contributed by atoms with Crippen LogP contribution in [-0.4, -0.2) is 43.6 Å². The highest BCUT2D eigenvalue weighted by atomic mass is 35.5. The van der Waals surface area contributed by atoms with Gasteiger partial charge in [-0.1, -0.05) is 31.4 Å². The molecule has 2 fully saturated rings. The van der Waals surface area contributed by atoms with Crippen molar-refractivity contribution in [2.45, 2.75) is 51.5 Å². The van der Waals surface area contributed by atoms with Crippen LogP contribution in [0.4, 0.5) is 5.69 Å². The van der Waals surface area contributed by atoms with Crippen molar-refractivity contribution >= 4 is 35.6 Å². The minimum atomic E-state index is -0.127. The zero-order valence-corrected chi connectivity index (χ0v) is 18.5. The Labute approximate surface area is 179 Å². The van der Waals surface area contributed by atoms with E-state index in [0.717, 1.165) is 25.3 Å². The Kier molecular flexibility index (Phi) is 8.72. The van der Waals surface area contributed by atoms with Crippen LogP contribution < -0.4 is 15.8 Å². The molecule has 7 heteroatoms. The molecule has 28 heavy (non-hydrogen) atoms. The predicted molar refractivity (Wildman–Crippen MR) is 118 cm³/mol. The third-order valence-electron chi connectivity index (χ3n) is 6.16. The lowest BCUT2D eigenvalue weighted by atomic mass is 9.83. The van der Waals surface area contributed by atoms with Crippen LogP contribution in [-0.2, 0) is 0 Å². The van der Waals surface area contributed by atoms with E-state index in [1.807, 2.05) is 0 Å². The molecule has 2 atom stereocenters. The van der Waals surface area contributed by atoms with Crippen LogP contribution in [0.25, 0.3) is 0 Å². The van der Waals surface area contributed by atoms with Crippen molar-refractivity contribution < 1.29 is 9.53 Å². The average molecular weight is 430 g/mol. The molecule has 1 saturated carbocycles. The number of carbonyl (C=O) groups is 1. The van der Waals surface area contributed by atoms with Crippen LogP contribution in [0.5, 0.6) is 5.75 Å². The van der Waals surface area contributed by atoms with Gasteiger partial charge in [-0.05, 0) is 56.7 Å². The monoisotopic (exact) mass is 429 g/mol. The van der Waals surface area contributed by atoms with Crippen molar-refractivity contribution in [2.75, 3.05) is 32.5 Å². The van der Waals surface area contributed by atoms with Gasteiger partial charge in [0.15, 0.2) is 0 Å². The highest BCUT2D eigenvalue weighted by Crippen LogP contribution is 2.31. The van der Waals surface area contributed by atoms with E-state index in [1.165, 1.54) is 38.8 Å². The number of likely N-dealkylation sites (tertiary alicyclic amines) is 1. The maximum Gasteiger partial charge on any atom is 0.255 e. The standard InChI is InChI=1S/C21H32ClN3O2.ClH/c1-14-7-9-25(10-8-14)13-15-5-3-4-6-19(15)24-21(26)16-11-17(22)18(23)12-20(16)27-2;/h11-12,14-15,19H,3-10,13,23H2,1-2H3,(H,24,26);1H/t15-,19-;/m1./s1. The largest absolute Gasteiger partial charge is 0.496 e. The summed E-state index contributed by atoms with van der Waals surface area (Å²) in [6.45, 7) is 5.78. The average Bonchev–Trinajstić information content (AvgIpc) is 2.66. The summed E-state index contributed by atoms with van der Waals surface area (Å²) in [5.41, 5.74) is 6.70. The molecule has 5 nitrogen and oxygen atoms in total. The number of nitrogen functional groups attached to an aromatic ring is 1. The van der Waals surface area contributed by atoms with Gasteiger partial charge in [0.05, 0.1) is 23.4 Å². The van der Waals surface area contributed by atoms with Crippen molar-refractivity contribution in [2.24, 2.45) is 11.8 Å². The van der Waals surface area contributed by atoms with E-state index in [4.69, 9.17) is 22.1 Å². The maximum absolute atomic E-state index is 12.9. The normalized spacial score (nSPS) is 23.7. The number of piperidine rings is 1. The zero-order chi connectivity index (χ0) is 19.4. The number of nitrogens with zero attached hydrogens (tertiary/aromatic N) is 1. The topological polar surface area (TPSA) is 67.6 Å². The van der Waals surface area contributed by atoms with E-state index in [0.29, 0.717) is 27.9 Å². The minimum Gasteiger partial charge on any atom is -0.496 e. The van der Waals surface area contributed by atoms with Gasteiger partial charge in [0.1, 0.15) is 5.75 Å². The second-order valence-electron chi connectivity index (χ2n) is 8.18. The molecule has 1 amide bonds. The summed E-state index contributed by atoms with van der Waals surface area (Å²) < 4.78 is 5.34. The quantitative estimate of drug-likeness (QED) is 0.681.